The fourth-order valence-corrected chi connectivity index (χ4v) is 3.18. The van der Waals surface area contributed by atoms with Crippen molar-refractivity contribution in [1.82, 2.24) is 0 Å². The van der Waals surface area contributed by atoms with E-state index in [-0.39, 0.29) is 0 Å². The molecule has 0 fully saturated rings. The molecule has 0 aromatic heterocycles. The maximum Gasteiger partial charge on any atom is 0.126 e. The van der Waals surface area contributed by atoms with Gasteiger partial charge in [-0.2, -0.15) is 0 Å². The summed E-state index contributed by atoms with van der Waals surface area (Å²) in [6.07, 6.45) is 0. The zero-order valence-corrected chi connectivity index (χ0v) is 13.2. The van der Waals surface area contributed by atoms with Crippen molar-refractivity contribution >= 4 is 38.3 Å². The third-order valence-corrected chi connectivity index (χ3v) is 4.20. The van der Waals surface area contributed by atoms with E-state index in [1.54, 1.807) is 7.11 Å². The molecule has 0 aliphatic heterocycles. The minimum atomic E-state index is 0.699. The molecule has 0 heterocycles. The molecule has 20 heavy (non-hydrogen) atoms. The highest BCUT2D eigenvalue weighted by molar-refractivity contribution is 9.10. The van der Waals surface area contributed by atoms with Gasteiger partial charge in [0.05, 0.1) is 7.11 Å². The number of rotatable bonds is 2. The lowest BCUT2D eigenvalue weighted by Gasteiger charge is -2.13. The van der Waals surface area contributed by atoms with Gasteiger partial charge in [0, 0.05) is 20.4 Å². The maximum atomic E-state index is 6.15. The summed E-state index contributed by atoms with van der Waals surface area (Å²) in [4.78, 5) is 0. The van der Waals surface area contributed by atoms with Crippen LogP contribution >= 0.6 is 27.5 Å². The van der Waals surface area contributed by atoms with Crippen LogP contribution in [0.4, 0.5) is 0 Å². The van der Waals surface area contributed by atoms with E-state index in [2.05, 4.69) is 34.1 Å². The molecular formula is C17H12BrClO. The predicted molar refractivity (Wildman–Crippen MR) is 88.6 cm³/mol. The first-order valence-electron chi connectivity index (χ1n) is 6.22. The highest BCUT2D eigenvalue weighted by atomic mass is 79.9. The Hall–Kier alpha value is -1.51. The van der Waals surface area contributed by atoms with Crippen molar-refractivity contribution in [2.24, 2.45) is 0 Å². The van der Waals surface area contributed by atoms with Gasteiger partial charge in [-0.3, -0.25) is 0 Å². The van der Waals surface area contributed by atoms with Crippen LogP contribution in [0.3, 0.4) is 0 Å². The second-order valence-electron chi connectivity index (χ2n) is 4.49. The van der Waals surface area contributed by atoms with Crippen LogP contribution in [0.15, 0.2) is 59.1 Å². The quantitative estimate of drug-likeness (QED) is 0.558. The van der Waals surface area contributed by atoms with E-state index in [9.17, 15) is 0 Å². The maximum absolute atomic E-state index is 6.15. The lowest BCUT2D eigenvalue weighted by Crippen LogP contribution is -1.89. The van der Waals surface area contributed by atoms with Gasteiger partial charge >= 0.3 is 0 Å². The molecule has 0 bridgehead atoms. The lowest BCUT2D eigenvalue weighted by molar-refractivity contribution is 0.416. The largest absolute Gasteiger partial charge is 0.496 e. The van der Waals surface area contributed by atoms with Crippen LogP contribution in [-0.2, 0) is 0 Å². The van der Waals surface area contributed by atoms with Gasteiger partial charge in [-0.25, -0.2) is 0 Å². The fraction of sp³-hybridized carbons (Fsp3) is 0.0588. The average Bonchev–Trinajstić information content (AvgIpc) is 2.47. The third kappa shape index (κ3) is 2.30. The number of halogens is 2. The molecule has 1 nitrogen and oxygen atoms in total. The monoisotopic (exact) mass is 346 g/mol. The van der Waals surface area contributed by atoms with Crippen molar-refractivity contribution in [1.29, 1.82) is 0 Å². The number of ether oxygens (including phenoxy) is 1. The van der Waals surface area contributed by atoms with Crippen LogP contribution in [0.25, 0.3) is 21.9 Å². The Balaban J connectivity index is 2.38. The summed E-state index contributed by atoms with van der Waals surface area (Å²) in [7, 11) is 1.67. The van der Waals surface area contributed by atoms with Gasteiger partial charge in [-0.05, 0) is 35.2 Å². The summed E-state index contributed by atoms with van der Waals surface area (Å²) in [6, 6.07) is 18.1. The molecule has 0 saturated carbocycles. The minimum absolute atomic E-state index is 0.699. The molecule has 0 aliphatic carbocycles. The Labute approximate surface area is 131 Å². The van der Waals surface area contributed by atoms with Crippen LogP contribution in [0.1, 0.15) is 0 Å². The van der Waals surface area contributed by atoms with E-state index >= 15 is 0 Å². The second kappa shape index (κ2) is 5.47. The van der Waals surface area contributed by atoms with E-state index in [0.717, 1.165) is 26.7 Å². The van der Waals surface area contributed by atoms with Crippen LogP contribution < -0.4 is 4.74 Å². The molecule has 3 heteroatoms. The first kappa shape index (κ1) is 13.5. The van der Waals surface area contributed by atoms with E-state index < -0.39 is 0 Å². The van der Waals surface area contributed by atoms with Crippen molar-refractivity contribution in [3.05, 3.63) is 64.1 Å². The topological polar surface area (TPSA) is 9.23 Å². The summed E-state index contributed by atoms with van der Waals surface area (Å²) >= 11 is 9.78. The summed E-state index contributed by atoms with van der Waals surface area (Å²) in [5, 5.41) is 3.04. The van der Waals surface area contributed by atoms with Gasteiger partial charge in [0.2, 0.25) is 0 Å². The van der Waals surface area contributed by atoms with Crippen molar-refractivity contribution in [2.75, 3.05) is 7.11 Å². The number of methoxy groups -OCH3 is 1. The Kier molecular flexibility index (Phi) is 3.68. The van der Waals surface area contributed by atoms with Crippen molar-refractivity contribution < 1.29 is 4.74 Å². The Morgan fingerprint density at radius 1 is 0.950 bits per heavy atom. The van der Waals surface area contributed by atoms with E-state index in [1.165, 1.54) is 5.39 Å². The van der Waals surface area contributed by atoms with Gasteiger partial charge in [0.25, 0.3) is 0 Å². The average molecular weight is 348 g/mol. The molecule has 0 unspecified atom stereocenters. The molecule has 0 spiro atoms. The molecule has 3 aromatic rings. The molecule has 3 rings (SSSR count). The first-order valence-corrected chi connectivity index (χ1v) is 7.39. The van der Waals surface area contributed by atoms with Gasteiger partial charge in [-0.1, -0.05) is 57.9 Å². The molecule has 0 amide bonds. The number of hydrogen-bond donors (Lipinski definition) is 0. The highest BCUT2D eigenvalue weighted by Gasteiger charge is 2.11. The van der Waals surface area contributed by atoms with E-state index in [4.69, 9.17) is 16.3 Å². The normalized spacial score (nSPS) is 10.8. The number of fused-ring (bicyclic) bond motifs is 1. The molecule has 0 radical (unpaired) electrons. The SMILES string of the molecule is COc1ccc(Cl)cc1-c1cccc2cccc(Br)c12. The summed E-state index contributed by atoms with van der Waals surface area (Å²) in [5.41, 5.74) is 2.10. The van der Waals surface area contributed by atoms with Crippen molar-refractivity contribution in [3.63, 3.8) is 0 Å². The Morgan fingerprint density at radius 2 is 1.70 bits per heavy atom. The minimum Gasteiger partial charge on any atom is -0.496 e. The molecule has 100 valence electrons. The highest BCUT2D eigenvalue weighted by Crippen LogP contribution is 2.39. The van der Waals surface area contributed by atoms with Crippen molar-refractivity contribution in [2.45, 2.75) is 0 Å². The second-order valence-corrected chi connectivity index (χ2v) is 5.78. The molecular weight excluding hydrogens is 336 g/mol. The van der Waals surface area contributed by atoms with Gasteiger partial charge < -0.3 is 4.74 Å². The molecule has 0 atom stereocenters. The predicted octanol–water partition coefficient (Wildman–Crippen LogP) is 5.93. The van der Waals surface area contributed by atoms with E-state index in [1.807, 2.05) is 36.4 Å². The van der Waals surface area contributed by atoms with Crippen LogP contribution in [0.5, 0.6) is 5.75 Å². The summed E-state index contributed by atoms with van der Waals surface area (Å²) in [5.74, 6) is 0.817. The first-order chi connectivity index (χ1) is 9.70. The molecule has 0 aliphatic rings. The van der Waals surface area contributed by atoms with E-state index in [0.29, 0.717) is 5.02 Å². The van der Waals surface area contributed by atoms with Gasteiger partial charge in [-0.15, -0.1) is 0 Å². The molecule has 3 aromatic carbocycles. The van der Waals surface area contributed by atoms with Crippen LogP contribution in [0.2, 0.25) is 5.02 Å². The smallest absolute Gasteiger partial charge is 0.126 e. The van der Waals surface area contributed by atoms with Crippen LogP contribution in [-0.4, -0.2) is 7.11 Å². The summed E-state index contributed by atoms with van der Waals surface area (Å²) in [6.45, 7) is 0. The summed E-state index contributed by atoms with van der Waals surface area (Å²) < 4.78 is 6.53. The molecule has 0 N–H and O–H groups in total. The zero-order valence-electron chi connectivity index (χ0n) is 10.9. The Morgan fingerprint density at radius 3 is 2.45 bits per heavy atom. The fourth-order valence-electron chi connectivity index (χ4n) is 2.41. The number of hydrogen-bond acceptors (Lipinski definition) is 1. The van der Waals surface area contributed by atoms with Gasteiger partial charge in [0.15, 0.2) is 0 Å². The van der Waals surface area contributed by atoms with Gasteiger partial charge in [0.1, 0.15) is 5.75 Å². The number of benzene rings is 3. The van der Waals surface area contributed by atoms with Crippen molar-refractivity contribution in [3.8, 4) is 16.9 Å². The third-order valence-electron chi connectivity index (χ3n) is 3.31. The molecule has 0 saturated heterocycles. The standard InChI is InChI=1S/C17H12BrClO/c1-20-16-9-8-12(19)10-14(16)13-6-2-4-11-5-3-7-15(18)17(11)13/h2-10H,1H3. The zero-order chi connectivity index (χ0) is 14.1. The van der Waals surface area contributed by atoms with Crippen LogP contribution in [0, 0.1) is 0 Å². The lowest BCUT2D eigenvalue weighted by atomic mass is 9.97. The Bertz CT molecular complexity index is 778.